The lowest BCUT2D eigenvalue weighted by atomic mass is 10.2. The Morgan fingerprint density at radius 1 is 1.50 bits per heavy atom. The van der Waals surface area contributed by atoms with Crippen molar-refractivity contribution in [3.8, 4) is 0 Å². The van der Waals surface area contributed by atoms with E-state index in [-0.39, 0.29) is 0 Å². The Bertz CT molecular complexity index is 296. The van der Waals surface area contributed by atoms with E-state index in [1.54, 1.807) is 0 Å². The Morgan fingerprint density at radius 3 is 3.08 bits per heavy atom. The van der Waals surface area contributed by atoms with Crippen LogP contribution in [0.2, 0.25) is 0 Å². The summed E-state index contributed by atoms with van der Waals surface area (Å²) in [6.07, 6.45) is 1.22. The van der Waals surface area contributed by atoms with E-state index in [9.17, 15) is 0 Å². The van der Waals surface area contributed by atoms with Crippen molar-refractivity contribution in [2.75, 3.05) is 18.0 Å². The summed E-state index contributed by atoms with van der Waals surface area (Å²) in [5.74, 6) is 0. The molecule has 0 spiro atoms. The number of likely N-dealkylation sites (N-methyl/N-ethyl adjacent to an activating group) is 1. The second-order valence-electron chi connectivity index (χ2n) is 3.10. The van der Waals surface area contributed by atoms with Crippen LogP contribution in [0, 0.1) is 3.57 Å². The first-order chi connectivity index (χ1) is 5.81. The highest BCUT2D eigenvalue weighted by Crippen LogP contribution is 2.28. The molecule has 2 rings (SSSR count). The van der Waals surface area contributed by atoms with Crippen LogP contribution in [0.1, 0.15) is 12.5 Å². The Hall–Kier alpha value is -0.250. The predicted molar refractivity (Wildman–Crippen MR) is 60.8 cm³/mol. The Morgan fingerprint density at radius 2 is 2.33 bits per heavy atom. The maximum atomic E-state index is 2.44. The summed E-state index contributed by atoms with van der Waals surface area (Å²) in [7, 11) is 0. The van der Waals surface area contributed by atoms with Gasteiger partial charge >= 0.3 is 0 Å². The third-order valence-electron chi connectivity index (χ3n) is 2.42. The molecule has 1 aromatic rings. The van der Waals surface area contributed by atoms with Crippen molar-refractivity contribution in [2.45, 2.75) is 13.3 Å². The van der Waals surface area contributed by atoms with Gasteiger partial charge in [-0.15, -0.1) is 0 Å². The number of hydrogen-bond donors (Lipinski definition) is 0. The third kappa shape index (κ3) is 1.32. The first kappa shape index (κ1) is 8.35. The summed E-state index contributed by atoms with van der Waals surface area (Å²) in [4.78, 5) is 2.44. The molecule has 0 aliphatic carbocycles. The number of rotatable bonds is 1. The monoisotopic (exact) mass is 273 g/mol. The second kappa shape index (κ2) is 3.24. The maximum absolute atomic E-state index is 2.44. The van der Waals surface area contributed by atoms with E-state index in [0.717, 1.165) is 6.54 Å². The van der Waals surface area contributed by atoms with Crippen LogP contribution in [0.15, 0.2) is 18.2 Å². The number of hydrogen-bond acceptors (Lipinski definition) is 1. The second-order valence-corrected chi connectivity index (χ2v) is 4.35. The molecule has 0 atom stereocenters. The van der Waals surface area contributed by atoms with Crippen molar-refractivity contribution in [3.05, 3.63) is 27.3 Å². The number of fused-ring (bicyclic) bond motifs is 1. The van der Waals surface area contributed by atoms with Gasteiger partial charge in [0.15, 0.2) is 0 Å². The molecular weight excluding hydrogens is 261 g/mol. The summed E-state index contributed by atoms with van der Waals surface area (Å²) >= 11 is 2.37. The summed E-state index contributed by atoms with van der Waals surface area (Å²) < 4.78 is 1.34. The SMILES string of the molecule is CCN1CCc2ccc(I)cc21. The summed E-state index contributed by atoms with van der Waals surface area (Å²) in [5, 5.41) is 0. The van der Waals surface area contributed by atoms with Crippen LogP contribution in [0.3, 0.4) is 0 Å². The van der Waals surface area contributed by atoms with Crippen LogP contribution >= 0.6 is 22.6 Å². The number of nitrogens with zero attached hydrogens (tertiary/aromatic N) is 1. The molecule has 64 valence electrons. The standard InChI is InChI=1S/C10H12IN/c1-2-12-6-5-8-3-4-9(11)7-10(8)12/h3-4,7H,2,5-6H2,1H3. The fraction of sp³-hybridized carbons (Fsp3) is 0.400. The van der Waals surface area contributed by atoms with Gasteiger partial charge in [0.2, 0.25) is 0 Å². The van der Waals surface area contributed by atoms with E-state index in [1.165, 1.54) is 27.8 Å². The maximum Gasteiger partial charge on any atom is 0.0410 e. The normalized spacial score (nSPS) is 15.0. The van der Waals surface area contributed by atoms with Gasteiger partial charge in [0.05, 0.1) is 0 Å². The first-order valence-electron chi connectivity index (χ1n) is 4.34. The van der Waals surface area contributed by atoms with Crippen LogP contribution in [0.5, 0.6) is 0 Å². The molecule has 2 heteroatoms. The summed E-state index contributed by atoms with van der Waals surface area (Å²) in [6.45, 7) is 4.55. The minimum Gasteiger partial charge on any atom is -0.371 e. The zero-order valence-corrected chi connectivity index (χ0v) is 9.34. The van der Waals surface area contributed by atoms with Gasteiger partial charge in [0.25, 0.3) is 0 Å². The molecule has 1 nitrogen and oxygen atoms in total. The van der Waals surface area contributed by atoms with E-state index in [0.29, 0.717) is 0 Å². The van der Waals surface area contributed by atoms with E-state index >= 15 is 0 Å². The van der Waals surface area contributed by atoms with Crippen LogP contribution in [0.4, 0.5) is 5.69 Å². The molecule has 0 aromatic heterocycles. The fourth-order valence-electron chi connectivity index (χ4n) is 1.75. The van der Waals surface area contributed by atoms with Crippen molar-refractivity contribution >= 4 is 28.3 Å². The minimum absolute atomic E-state index is 1.13. The molecule has 0 amide bonds. The molecule has 0 saturated heterocycles. The predicted octanol–water partition coefficient (Wildman–Crippen LogP) is 2.67. The lowest BCUT2D eigenvalue weighted by Crippen LogP contribution is -2.19. The highest BCUT2D eigenvalue weighted by Gasteiger charge is 2.16. The number of anilines is 1. The van der Waals surface area contributed by atoms with Crippen molar-refractivity contribution in [2.24, 2.45) is 0 Å². The summed E-state index contributed by atoms with van der Waals surface area (Å²) in [6, 6.07) is 6.73. The Labute approximate surface area is 86.9 Å². The van der Waals surface area contributed by atoms with Gasteiger partial charge in [-0.25, -0.2) is 0 Å². The van der Waals surface area contributed by atoms with Gasteiger partial charge in [-0.05, 0) is 53.6 Å². The Kier molecular flexibility index (Phi) is 2.26. The van der Waals surface area contributed by atoms with Crippen molar-refractivity contribution in [3.63, 3.8) is 0 Å². The number of halogens is 1. The highest BCUT2D eigenvalue weighted by molar-refractivity contribution is 14.1. The smallest absolute Gasteiger partial charge is 0.0410 e. The topological polar surface area (TPSA) is 3.24 Å². The largest absolute Gasteiger partial charge is 0.371 e. The molecular formula is C10H12IN. The van der Waals surface area contributed by atoms with Gasteiger partial charge in [0.1, 0.15) is 0 Å². The average molecular weight is 273 g/mol. The molecule has 12 heavy (non-hydrogen) atoms. The third-order valence-corrected chi connectivity index (χ3v) is 3.09. The lowest BCUT2D eigenvalue weighted by molar-refractivity contribution is 0.868. The average Bonchev–Trinajstić information content (AvgIpc) is 2.46. The lowest BCUT2D eigenvalue weighted by Gasteiger charge is -2.16. The first-order valence-corrected chi connectivity index (χ1v) is 5.42. The quantitative estimate of drug-likeness (QED) is 0.711. The van der Waals surface area contributed by atoms with E-state index in [1.807, 2.05) is 0 Å². The molecule has 0 N–H and O–H groups in total. The van der Waals surface area contributed by atoms with Gasteiger partial charge in [-0.2, -0.15) is 0 Å². The van der Waals surface area contributed by atoms with E-state index in [2.05, 4.69) is 52.6 Å². The molecule has 1 heterocycles. The van der Waals surface area contributed by atoms with Crippen LogP contribution < -0.4 is 4.90 Å². The van der Waals surface area contributed by atoms with E-state index in [4.69, 9.17) is 0 Å². The van der Waals surface area contributed by atoms with Gasteiger partial charge in [-0.3, -0.25) is 0 Å². The van der Waals surface area contributed by atoms with Crippen molar-refractivity contribution < 1.29 is 0 Å². The fourth-order valence-corrected chi connectivity index (χ4v) is 2.22. The van der Waals surface area contributed by atoms with Gasteiger partial charge in [0, 0.05) is 22.3 Å². The van der Waals surface area contributed by atoms with E-state index < -0.39 is 0 Å². The van der Waals surface area contributed by atoms with Crippen LogP contribution in [-0.4, -0.2) is 13.1 Å². The van der Waals surface area contributed by atoms with Gasteiger partial charge in [-0.1, -0.05) is 6.07 Å². The number of benzene rings is 1. The van der Waals surface area contributed by atoms with Crippen molar-refractivity contribution in [1.29, 1.82) is 0 Å². The van der Waals surface area contributed by atoms with Gasteiger partial charge < -0.3 is 4.90 Å². The minimum atomic E-state index is 1.13. The molecule has 0 bridgehead atoms. The Balaban J connectivity index is 2.42. The summed E-state index contributed by atoms with van der Waals surface area (Å²) in [5.41, 5.74) is 2.96. The zero-order chi connectivity index (χ0) is 8.55. The molecule has 1 aliphatic heterocycles. The van der Waals surface area contributed by atoms with Crippen LogP contribution in [0.25, 0.3) is 0 Å². The molecule has 1 aromatic carbocycles. The van der Waals surface area contributed by atoms with Crippen LogP contribution in [-0.2, 0) is 6.42 Å². The molecule has 0 radical (unpaired) electrons. The van der Waals surface area contributed by atoms with Crippen molar-refractivity contribution in [1.82, 2.24) is 0 Å². The molecule has 0 saturated carbocycles. The zero-order valence-electron chi connectivity index (χ0n) is 7.18. The molecule has 1 aliphatic rings. The molecule has 0 unspecified atom stereocenters. The molecule has 0 fully saturated rings. The highest BCUT2D eigenvalue weighted by atomic mass is 127.